The van der Waals surface area contributed by atoms with Crippen molar-refractivity contribution >= 4 is 32.6 Å². The predicted octanol–water partition coefficient (Wildman–Crippen LogP) is 4.28. The van der Waals surface area contributed by atoms with Crippen LogP contribution in [0.15, 0.2) is 41.0 Å². The maximum absolute atomic E-state index is 12.7. The number of aromatic hydroxyl groups is 1. The van der Waals surface area contributed by atoms with Gasteiger partial charge >= 0.3 is 6.18 Å². The molecule has 0 spiro atoms. The van der Waals surface area contributed by atoms with Crippen LogP contribution in [0.3, 0.4) is 0 Å². The Kier molecular flexibility index (Phi) is 3.63. The number of phenols is 1. The second-order valence-electron chi connectivity index (χ2n) is 4.76. The summed E-state index contributed by atoms with van der Waals surface area (Å²) in [5.74, 6) is -0.753. The fourth-order valence-electron chi connectivity index (χ4n) is 2.21. The fourth-order valence-corrected chi connectivity index (χ4v) is 2.77. The van der Waals surface area contributed by atoms with E-state index in [1.807, 2.05) is 0 Å². The largest absolute Gasteiger partial charge is 0.507 e. The standard InChI is InChI=1S/C15H8BrF3N2O2/c16-13-10(22)5-4-8-12(13)7(6-20-8)14(23)9-2-1-3-11(21-9)15(17,18)19/h1-6,20,22H. The van der Waals surface area contributed by atoms with E-state index in [1.54, 1.807) is 6.07 Å². The maximum atomic E-state index is 12.7. The molecule has 0 saturated carbocycles. The zero-order chi connectivity index (χ0) is 16.8. The van der Waals surface area contributed by atoms with Gasteiger partial charge < -0.3 is 10.1 Å². The van der Waals surface area contributed by atoms with E-state index >= 15 is 0 Å². The van der Waals surface area contributed by atoms with E-state index in [4.69, 9.17) is 0 Å². The number of aromatic nitrogens is 2. The summed E-state index contributed by atoms with van der Waals surface area (Å²) in [5, 5.41) is 10.1. The molecule has 0 amide bonds. The summed E-state index contributed by atoms with van der Waals surface area (Å²) < 4.78 is 38.5. The third-order valence-electron chi connectivity index (χ3n) is 3.28. The van der Waals surface area contributed by atoms with Crippen LogP contribution in [0.25, 0.3) is 10.9 Å². The molecule has 0 radical (unpaired) electrons. The molecular weight excluding hydrogens is 377 g/mol. The van der Waals surface area contributed by atoms with Gasteiger partial charge in [0.1, 0.15) is 17.1 Å². The van der Waals surface area contributed by atoms with Crippen LogP contribution in [0.4, 0.5) is 13.2 Å². The molecule has 0 bridgehead atoms. The zero-order valence-electron chi connectivity index (χ0n) is 11.3. The molecule has 0 aliphatic carbocycles. The van der Waals surface area contributed by atoms with E-state index in [-0.39, 0.29) is 21.5 Å². The van der Waals surface area contributed by atoms with Crippen molar-refractivity contribution in [2.24, 2.45) is 0 Å². The zero-order valence-corrected chi connectivity index (χ0v) is 12.9. The minimum atomic E-state index is -4.63. The number of benzene rings is 1. The number of fused-ring (bicyclic) bond motifs is 1. The molecule has 3 rings (SSSR count). The molecule has 8 heteroatoms. The van der Waals surface area contributed by atoms with E-state index in [2.05, 4.69) is 25.9 Å². The van der Waals surface area contributed by atoms with Gasteiger partial charge in [0.05, 0.1) is 10.0 Å². The van der Waals surface area contributed by atoms with E-state index in [1.165, 1.54) is 18.3 Å². The van der Waals surface area contributed by atoms with Gasteiger partial charge in [0.25, 0.3) is 0 Å². The lowest BCUT2D eigenvalue weighted by Crippen LogP contribution is -2.12. The molecular formula is C15H8BrF3N2O2. The fraction of sp³-hybridized carbons (Fsp3) is 0.0667. The lowest BCUT2D eigenvalue weighted by molar-refractivity contribution is -0.141. The number of hydrogen-bond acceptors (Lipinski definition) is 3. The van der Waals surface area contributed by atoms with Crippen LogP contribution in [-0.2, 0) is 6.18 Å². The van der Waals surface area contributed by atoms with Crippen LogP contribution >= 0.6 is 15.9 Å². The number of phenolic OH excluding ortho intramolecular Hbond substituents is 1. The predicted molar refractivity (Wildman–Crippen MR) is 80.3 cm³/mol. The van der Waals surface area contributed by atoms with E-state index in [9.17, 15) is 23.1 Å². The van der Waals surface area contributed by atoms with Gasteiger partial charge in [0.2, 0.25) is 5.78 Å². The highest BCUT2D eigenvalue weighted by molar-refractivity contribution is 9.10. The first-order valence-corrected chi connectivity index (χ1v) is 7.16. The van der Waals surface area contributed by atoms with Gasteiger partial charge in [-0.15, -0.1) is 0 Å². The van der Waals surface area contributed by atoms with E-state index < -0.39 is 17.7 Å². The highest BCUT2D eigenvalue weighted by Crippen LogP contribution is 2.35. The Balaban J connectivity index is 2.13. The summed E-state index contributed by atoms with van der Waals surface area (Å²) in [7, 11) is 0. The number of ketones is 1. The van der Waals surface area contributed by atoms with Crippen molar-refractivity contribution in [2.45, 2.75) is 6.18 Å². The van der Waals surface area contributed by atoms with Gasteiger partial charge in [-0.2, -0.15) is 13.2 Å². The molecule has 2 aromatic heterocycles. The quantitative estimate of drug-likeness (QED) is 0.648. The van der Waals surface area contributed by atoms with E-state index in [0.29, 0.717) is 10.9 Å². The average Bonchev–Trinajstić information content (AvgIpc) is 2.94. The number of carbonyl (C=O) groups is 1. The molecule has 2 N–H and O–H groups in total. The van der Waals surface area contributed by atoms with Crippen LogP contribution in [0, 0.1) is 0 Å². The lowest BCUT2D eigenvalue weighted by Gasteiger charge is -2.07. The van der Waals surface area contributed by atoms with Gasteiger partial charge in [-0.3, -0.25) is 4.79 Å². The monoisotopic (exact) mass is 384 g/mol. The molecule has 0 atom stereocenters. The van der Waals surface area contributed by atoms with Gasteiger partial charge in [-0.25, -0.2) is 4.98 Å². The first-order chi connectivity index (χ1) is 10.8. The molecule has 0 fully saturated rings. The number of carbonyl (C=O) groups excluding carboxylic acids is 1. The van der Waals surface area contributed by atoms with Gasteiger partial charge in [-0.1, -0.05) is 6.07 Å². The van der Waals surface area contributed by atoms with Crippen molar-refractivity contribution in [3.8, 4) is 5.75 Å². The van der Waals surface area contributed by atoms with Crippen molar-refractivity contribution in [1.82, 2.24) is 9.97 Å². The van der Waals surface area contributed by atoms with Crippen LogP contribution in [-0.4, -0.2) is 20.9 Å². The third-order valence-corrected chi connectivity index (χ3v) is 4.08. The topological polar surface area (TPSA) is 66.0 Å². The number of hydrogen-bond donors (Lipinski definition) is 2. The second kappa shape index (κ2) is 5.38. The van der Waals surface area contributed by atoms with Crippen LogP contribution in [0.2, 0.25) is 0 Å². The Hall–Kier alpha value is -2.35. The Morgan fingerprint density at radius 1 is 1.22 bits per heavy atom. The summed E-state index contributed by atoms with van der Waals surface area (Å²) in [6, 6.07) is 6.14. The summed E-state index contributed by atoms with van der Waals surface area (Å²) in [5.41, 5.74) is -0.777. The number of nitrogens with zero attached hydrogens (tertiary/aromatic N) is 1. The highest BCUT2D eigenvalue weighted by Gasteiger charge is 2.33. The SMILES string of the molecule is O=C(c1cccc(C(F)(F)F)n1)c1c[nH]c2ccc(O)c(Br)c12. The molecule has 23 heavy (non-hydrogen) atoms. The molecule has 2 heterocycles. The van der Waals surface area contributed by atoms with Crippen molar-refractivity contribution in [3.63, 3.8) is 0 Å². The number of pyridine rings is 1. The molecule has 118 valence electrons. The summed E-state index contributed by atoms with van der Waals surface area (Å²) >= 11 is 3.18. The van der Waals surface area contributed by atoms with Crippen molar-refractivity contribution in [3.05, 3.63) is 58.0 Å². The highest BCUT2D eigenvalue weighted by atomic mass is 79.9. The molecule has 0 unspecified atom stereocenters. The minimum Gasteiger partial charge on any atom is -0.507 e. The molecule has 1 aromatic carbocycles. The van der Waals surface area contributed by atoms with Crippen molar-refractivity contribution < 1.29 is 23.1 Å². The maximum Gasteiger partial charge on any atom is 0.433 e. The van der Waals surface area contributed by atoms with Crippen molar-refractivity contribution in [1.29, 1.82) is 0 Å². The summed E-state index contributed by atoms with van der Waals surface area (Å²) in [6.45, 7) is 0. The molecule has 3 aromatic rings. The number of H-pyrrole nitrogens is 1. The number of aromatic amines is 1. The Bertz CT molecular complexity index is 919. The molecule has 0 saturated heterocycles. The van der Waals surface area contributed by atoms with Crippen molar-refractivity contribution in [2.75, 3.05) is 0 Å². The molecule has 4 nitrogen and oxygen atoms in total. The van der Waals surface area contributed by atoms with Gasteiger partial charge in [0, 0.05) is 17.1 Å². The number of halogens is 4. The van der Waals surface area contributed by atoms with Gasteiger partial charge in [0.15, 0.2) is 0 Å². The van der Waals surface area contributed by atoms with E-state index in [0.717, 1.165) is 12.1 Å². The van der Waals surface area contributed by atoms with Crippen LogP contribution < -0.4 is 0 Å². The first-order valence-electron chi connectivity index (χ1n) is 6.36. The Labute approximate surface area is 136 Å². The average molecular weight is 385 g/mol. The minimum absolute atomic E-state index is 0.0804. The summed E-state index contributed by atoms with van der Waals surface area (Å²) in [6.07, 6.45) is -3.26. The third kappa shape index (κ3) is 2.70. The smallest absolute Gasteiger partial charge is 0.433 e. The Morgan fingerprint density at radius 3 is 2.65 bits per heavy atom. The van der Waals surface area contributed by atoms with Gasteiger partial charge in [-0.05, 0) is 40.2 Å². The number of rotatable bonds is 2. The Morgan fingerprint density at radius 2 is 1.96 bits per heavy atom. The van der Waals surface area contributed by atoms with Crippen LogP contribution in [0.1, 0.15) is 21.7 Å². The first kappa shape index (κ1) is 15.5. The molecule has 0 aliphatic rings. The normalized spacial score (nSPS) is 11.8. The number of nitrogens with one attached hydrogen (secondary N) is 1. The van der Waals surface area contributed by atoms with Crippen LogP contribution in [0.5, 0.6) is 5.75 Å². The second-order valence-corrected chi connectivity index (χ2v) is 5.55. The number of alkyl halides is 3. The summed E-state index contributed by atoms with van der Waals surface area (Å²) in [4.78, 5) is 18.7. The molecule has 0 aliphatic heterocycles. The lowest BCUT2D eigenvalue weighted by atomic mass is 10.1.